The summed E-state index contributed by atoms with van der Waals surface area (Å²) >= 11 is 0. The highest BCUT2D eigenvalue weighted by molar-refractivity contribution is 5.44. The lowest BCUT2D eigenvalue weighted by Crippen LogP contribution is -2.31. The van der Waals surface area contributed by atoms with E-state index < -0.39 is 12.7 Å². The molecule has 1 aromatic rings. The van der Waals surface area contributed by atoms with E-state index in [0.717, 1.165) is 29.9 Å². The van der Waals surface area contributed by atoms with Crippen LogP contribution in [0.1, 0.15) is 6.42 Å². The first-order valence-corrected chi connectivity index (χ1v) is 6.28. The van der Waals surface area contributed by atoms with Gasteiger partial charge in [-0.05, 0) is 6.42 Å². The SMILES string of the molecule is COC1CCN(c2cnn(CC(O)CO)c(=O)c2)C1. The summed E-state index contributed by atoms with van der Waals surface area (Å²) in [5, 5.41) is 22.1. The molecular weight excluding hydrogens is 250 g/mol. The highest BCUT2D eigenvalue weighted by Gasteiger charge is 2.22. The van der Waals surface area contributed by atoms with E-state index in [1.807, 2.05) is 0 Å². The van der Waals surface area contributed by atoms with Gasteiger partial charge in [0.05, 0.1) is 37.2 Å². The van der Waals surface area contributed by atoms with Crippen LogP contribution >= 0.6 is 0 Å². The molecular formula is C12H19N3O4. The van der Waals surface area contributed by atoms with Crippen molar-refractivity contribution in [1.82, 2.24) is 9.78 Å². The second kappa shape index (κ2) is 6.14. The molecule has 7 heteroatoms. The Bertz CT molecular complexity index is 476. The zero-order valence-corrected chi connectivity index (χ0v) is 10.9. The average Bonchev–Trinajstić information content (AvgIpc) is 2.89. The van der Waals surface area contributed by atoms with Crippen LogP contribution in [0.5, 0.6) is 0 Å². The Labute approximate surface area is 111 Å². The monoisotopic (exact) mass is 269 g/mol. The second-order valence-corrected chi connectivity index (χ2v) is 4.66. The molecule has 7 nitrogen and oxygen atoms in total. The van der Waals surface area contributed by atoms with Crippen LogP contribution < -0.4 is 10.5 Å². The maximum absolute atomic E-state index is 11.8. The van der Waals surface area contributed by atoms with Gasteiger partial charge in [-0.1, -0.05) is 0 Å². The molecule has 2 N–H and O–H groups in total. The summed E-state index contributed by atoms with van der Waals surface area (Å²) < 4.78 is 6.42. The number of rotatable bonds is 5. The molecule has 2 atom stereocenters. The lowest BCUT2D eigenvalue weighted by molar-refractivity contribution is 0.0770. The first-order valence-electron chi connectivity index (χ1n) is 6.28. The van der Waals surface area contributed by atoms with Crippen LogP contribution in [0.3, 0.4) is 0 Å². The van der Waals surface area contributed by atoms with Crippen molar-refractivity contribution in [1.29, 1.82) is 0 Å². The van der Waals surface area contributed by atoms with E-state index in [9.17, 15) is 9.90 Å². The van der Waals surface area contributed by atoms with Crippen molar-refractivity contribution in [2.45, 2.75) is 25.2 Å². The minimum absolute atomic E-state index is 0.00366. The van der Waals surface area contributed by atoms with Crippen molar-refractivity contribution in [3.8, 4) is 0 Å². The molecule has 0 saturated carbocycles. The summed E-state index contributed by atoms with van der Waals surface area (Å²) in [5.74, 6) is 0. The Morgan fingerprint density at radius 3 is 3.00 bits per heavy atom. The summed E-state index contributed by atoms with van der Waals surface area (Å²) in [6.45, 7) is 1.19. The van der Waals surface area contributed by atoms with Crippen LogP contribution in [0.25, 0.3) is 0 Å². The topological polar surface area (TPSA) is 87.8 Å². The molecule has 106 valence electrons. The van der Waals surface area contributed by atoms with E-state index in [1.165, 1.54) is 6.07 Å². The van der Waals surface area contributed by atoms with Crippen LogP contribution in [0.15, 0.2) is 17.1 Å². The Kier molecular flexibility index (Phi) is 4.52. The van der Waals surface area contributed by atoms with Gasteiger partial charge in [0.15, 0.2) is 0 Å². The summed E-state index contributed by atoms with van der Waals surface area (Å²) in [7, 11) is 1.68. The standard InChI is InChI=1S/C12H19N3O4/c1-19-11-2-3-14(7-11)9-4-12(18)15(13-5-9)6-10(17)8-16/h4-5,10-11,16-17H,2-3,6-8H2,1H3. The second-order valence-electron chi connectivity index (χ2n) is 4.66. The molecule has 0 amide bonds. The van der Waals surface area contributed by atoms with Crippen molar-refractivity contribution < 1.29 is 14.9 Å². The van der Waals surface area contributed by atoms with Crippen LogP contribution in [0.2, 0.25) is 0 Å². The molecule has 19 heavy (non-hydrogen) atoms. The molecule has 0 radical (unpaired) electrons. The number of methoxy groups -OCH3 is 1. The average molecular weight is 269 g/mol. The third kappa shape index (κ3) is 3.31. The molecule has 1 aliphatic heterocycles. The highest BCUT2D eigenvalue weighted by atomic mass is 16.5. The van der Waals surface area contributed by atoms with Crippen LogP contribution in [-0.4, -0.2) is 59.0 Å². The fourth-order valence-electron chi connectivity index (χ4n) is 2.15. The Hall–Kier alpha value is -1.44. The third-order valence-corrected chi connectivity index (χ3v) is 3.29. The fourth-order valence-corrected chi connectivity index (χ4v) is 2.15. The number of aliphatic hydroxyl groups is 2. The number of hydrogen-bond donors (Lipinski definition) is 2. The molecule has 0 aliphatic carbocycles. The zero-order chi connectivity index (χ0) is 13.8. The number of ether oxygens (including phenoxy) is 1. The first kappa shape index (κ1) is 14.0. The third-order valence-electron chi connectivity index (χ3n) is 3.29. The van der Waals surface area contributed by atoms with Crippen molar-refractivity contribution in [2.75, 3.05) is 31.7 Å². The fraction of sp³-hybridized carbons (Fsp3) is 0.667. The number of aliphatic hydroxyl groups excluding tert-OH is 2. The minimum Gasteiger partial charge on any atom is -0.394 e. The predicted octanol–water partition coefficient (Wildman–Crippen LogP) is -1.18. The summed E-state index contributed by atoms with van der Waals surface area (Å²) in [6.07, 6.45) is 1.76. The van der Waals surface area contributed by atoms with Crippen molar-refractivity contribution in [2.24, 2.45) is 0 Å². The molecule has 0 spiro atoms. The molecule has 2 rings (SSSR count). The van der Waals surface area contributed by atoms with Gasteiger partial charge in [-0.3, -0.25) is 4.79 Å². The molecule has 1 aromatic heterocycles. The van der Waals surface area contributed by atoms with Crippen LogP contribution in [-0.2, 0) is 11.3 Å². The molecule has 2 unspecified atom stereocenters. The smallest absolute Gasteiger partial charge is 0.268 e. The van der Waals surface area contributed by atoms with Gasteiger partial charge in [0.25, 0.3) is 5.56 Å². The van der Waals surface area contributed by atoms with Gasteiger partial charge in [0.1, 0.15) is 0 Å². The van der Waals surface area contributed by atoms with Gasteiger partial charge in [-0.2, -0.15) is 5.10 Å². The Balaban J connectivity index is 2.09. The van der Waals surface area contributed by atoms with Crippen molar-refractivity contribution in [3.63, 3.8) is 0 Å². The normalized spacial score (nSPS) is 20.8. The maximum atomic E-state index is 11.8. The lowest BCUT2D eigenvalue weighted by Gasteiger charge is -2.18. The molecule has 1 saturated heterocycles. The van der Waals surface area contributed by atoms with E-state index in [0.29, 0.717) is 0 Å². The van der Waals surface area contributed by atoms with E-state index in [1.54, 1.807) is 13.3 Å². The molecule has 0 bridgehead atoms. The number of anilines is 1. The quantitative estimate of drug-likeness (QED) is 0.700. The Morgan fingerprint density at radius 1 is 1.63 bits per heavy atom. The number of aromatic nitrogens is 2. The largest absolute Gasteiger partial charge is 0.394 e. The Morgan fingerprint density at radius 2 is 2.42 bits per heavy atom. The van der Waals surface area contributed by atoms with Gasteiger partial charge in [0.2, 0.25) is 0 Å². The van der Waals surface area contributed by atoms with Crippen LogP contribution in [0, 0.1) is 0 Å². The minimum atomic E-state index is -0.972. The zero-order valence-electron chi connectivity index (χ0n) is 10.9. The first-order chi connectivity index (χ1) is 9.13. The van der Waals surface area contributed by atoms with Gasteiger partial charge in [-0.25, -0.2) is 4.68 Å². The molecule has 2 heterocycles. The number of nitrogens with zero attached hydrogens (tertiary/aromatic N) is 3. The van der Waals surface area contributed by atoms with E-state index in [4.69, 9.17) is 9.84 Å². The van der Waals surface area contributed by atoms with Gasteiger partial charge >= 0.3 is 0 Å². The summed E-state index contributed by atoms with van der Waals surface area (Å²) in [4.78, 5) is 13.9. The molecule has 1 aliphatic rings. The highest BCUT2D eigenvalue weighted by Crippen LogP contribution is 2.19. The number of hydrogen-bond acceptors (Lipinski definition) is 6. The van der Waals surface area contributed by atoms with Gasteiger partial charge in [0, 0.05) is 26.3 Å². The van der Waals surface area contributed by atoms with Crippen molar-refractivity contribution in [3.05, 3.63) is 22.6 Å². The summed E-state index contributed by atoms with van der Waals surface area (Å²) in [6, 6.07) is 1.50. The van der Waals surface area contributed by atoms with E-state index in [2.05, 4.69) is 10.00 Å². The maximum Gasteiger partial charge on any atom is 0.268 e. The van der Waals surface area contributed by atoms with E-state index >= 15 is 0 Å². The lowest BCUT2D eigenvalue weighted by atomic mass is 10.3. The summed E-state index contributed by atoms with van der Waals surface area (Å²) in [5.41, 5.74) is 0.477. The van der Waals surface area contributed by atoms with Crippen molar-refractivity contribution >= 4 is 5.69 Å². The van der Waals surface area contributed by atoms with Gasteiger partial charge < -0.3 is 19.8 Å². The molecule has 1 fully saturated rings. The van der Waals surface area contributed by atoms with E-state index in [-0.39, 0.29) is 18.2 Å². The van der Waals surface area contributed by atoms with Crippen LogP contribution in [0.4, 0.5) is 5.69 Å². The van der Waals surface area contributed by atoms with Gasteiger partial charge in [-0.15, -0.1) is 0 Å². The molecule has 0 aromatic carbocycles. The predicted molar refractivity (Wildman–Crippen MR) is 69.2 cm³/mol.